The van der Waals surface area contributed by atoms with Crippen LogP contribution in [-0.4, -0.2) is 23.9 Å². The molecule has 2 atom stereocenters. The topological polar surface area (TPSA) is 26.2 Å². The molecule has 0 radical (unpaired) electrons. The summed E-state index contributed by atoms with van der Waals surface area (Å²) in [5.74, 6) is 0. The molecule has 3 nitrogen and oxygen atoms in total. The summed E-state index contributed by atoms with van der Waals surface area (Å²) >= 11 is 0. The van der Waals surface area contributed by atoms with Crippen LogP contribution >= 0.6 is 0 Å². The first-order valence-electron chi connectivity index (χ1n) is 4.16. The lowest BCUT2D eigenvalue weighted by Crippen LogP contribution is -2.34. The summed E-state index contributed by atoms with van der Waals surface area (Å²) in [6.45, 7) is 4.13. The largest absolute Gasteiger partial charge is 0.380 e. The van der Waals surface area contributed by atoms with Crippen LogP contribution in [0.15, 0.2) is 24.5 Å². The molecule has 0 bridgehead atoms. The molecule has 0 aromatic carbocycles. The lowest BCUT2D eigenvalue weighted by molar-refractivity contribution is 0.103. The predicted molar refractivity (Wildman–Crippen MR) is 49.7 cm³/mol. The molecule has 0 spiro atoms. The fraction of sp³-hybridized carbons (Fsp3) is 0.556. The summed E-state index contributed by atoms with van der Waals surface area (Å²) in [5.41, 5.74) is 3.26. The van der Waals surface area contributed by atoms with E-state index in [1.165, 1.54) is 0 Å². The van der Waals surface area contributed by atoms with Crippen molar-refractivity contribution in [3.63, 3.8) is 0 Å². The van der Waals surface area contributed by atoms with E-state index in [0.717, 1.165) is 0 Å². The van der Waals surface area contributed by atoms with E-state index in [1.807, 2.05) is 36.1 Å². The number of hydrogen-bond acceptors (Lipinski definition) is 2. The molecule has 0 saturated heterocycles. The van der Waals surface area contributed by atoms with Gasteiger partial charge in [0.1, 0.15) is 0 Å². The molecule has 1 N–H and O–H groups in total. The van der Waals surface area contributed by atoms with Crippen molar-refractivity contribution >= 4 is 0 Å². The molecule has 0 aliphatic carbocycles. The first kappa shape index (κ1) is 9.13. The fourth-order valence-corrected chi connectivity index (χ4v) is 0.965. The number of ether oxygens (including phenoxy) is 1. The van der Waals surface area contributed by atoms with Crippen LogP contribution in [0, 0.1) is 0 Å². The van der Waals surface area contributed by atoms with Gasteiger partial charge in [0.25, 0.3) is 0 Å². The van der Waals surface area contributed by atoms with Crippen molar-refractivity contribution in [3.8, 4) is 0 Å². The van der Waals surface area contributed by atoms with Gasteiger partial charge < -0.3 is 10.2 Å². The Balaban J connectivity index is 2.41. The Hall–Kier alpha value is -0.960. The van der Waals surface area contributed by atoms with Crippen LogP contribution < -0.4 is 5.43 Å². The minimum absolute atomic E-state index is 0.215. The molecular weight excluding hydrogens is 152 g/mol. The SMILES string of the molecule is COC(C)C(C)Nn1cccc1. The number of hydrogen-bond donors (Lipinski definition) is 1. The minimum atomic E-state index is 0.215. The Morgan fingerprint density at radius 1 is 1.25 bits per heavy atom. The van der Waals surface area contributed by atoms with Crippen molar-refractivity contribution in [2.45, 2.75) is 26.0 Å². The fourth-order valence-electron chi connectivity index (χ4n) is 0.965. The zero-order chi connectivity index (χ0) is 8.97. The lowest BCUT2D eigenvalue weighted by Gasteiger charge is -2.21. The molecule has 12 heavy (non-hydrogen) atoms. The minimum Gasteiger partial charge on any atom is -0.380 e. The average Bonchev–Trinajstić information content (AvgIpc) is 2.55. The molecular formula is C9H16N2O. The van der Waals surface area contributed by atoms with E-state index in [2.05, 4.69) is 12.3 Å². The second-order valence-corrected chi connectivity index (χ2v) is 2.95. The van der Waals surface area contributed by atoms with Crippen LogP contribution in [0.1, 0.15) is 13.8 Å². The number of nitrogens with one attached hydrogen (secondary N) is 1. The predicted octanol–water partition coefficient (Wildman–Crippen LogP) is 1.45. The zero-order valence-corrected chi connectivity index (χ0v) is 7.82. The summed E-state index contributed by atoms with van der Waals surface area (Å²) in [6.07, 6.45) is 4.16. The van der Waals surface area contributed by atoms with Crippen molar-refractivity contribution < 1.29 is 4.74 Å². The van der Waals surface area contributed by atoms with E-state index >= 15 is 0 Å². The van der Waals surface area contributed by atoms with Gasteiger partial charge in [0.05, 0.1) is 12.1 Å². The molecule has 0 saturated carbocycles. The van der Waals surface area contributed by atoms with Gasteiger partial charge in [-0.15, -0.1) is 0 Å². The summed E-state index contributed by atoms with van der Waals surface area (Å²) in [7, 11) is 1.72. The van der Waals surface area contributed by atoms with Crippen molar-refractivity contribution in [2.24, 2.45) is 0 Å². The van der Waals surface area contributed by atoms with Crippen LogP contribution in [0.4, 0.5) is 0 Å². The highest BCUT2D eigenvalue weighted by Crippen LogP contribution is 1.98. The molecule has 3 heteroatoms. The van der Waals surface area contributed by atoms with Gasteiger partial charge in [-0.1, -0.05) is 0 Å². The van der Waals surface area contributed by atoms with Crippen molar-refractivity contribution in [2.75, 3.05) is 12.5 Å². The average molecular weight is 168 g/mol. The number of rotatable bonds is 4. The number of nitrogens with zero attached hydrogens (tertiary/aromatic N) is 1. The van der Waals surface area contributed by atoms with Gasteiger partial charge in [-0.2, -0.15) is 0 Å². The summed E-state index contributed by atoms with van der Waals surface area (Å²) in [4.78, 5) is 0. The Bertz CT molecular complexity index is 208. The molecule has 1 aromatic rings. The van der Waals surface area contributed by atoms with Crippen LogP contribution in [0.25, 0.3) is 0 Å². The summed E-state index contributed by atoms with van der Waals surface area (Å²) < 4.78 is 7.12. The van der Waals surface area contributed by atoms with E-state index in [-0.39, 0.29) is 6.10 Å². The van der Waals surface area contributed by atoms with Crippen molar-refractivity contribution in [1.82, 2.24) is 4.68 Å². The van der Waals surface area contributed by atoms with E-state index in [4.69, 9.17) is 4.74 Å². The molecule has 0 aliphatic heterocycles. The third kappa shape index (κ3) is 2.27. The summed E-state index contributed by atoms with van der Waals surface area (Å²) in [6, 6.07) is 4.27. The molecule has 0 amide bonds. The Morgan fingerprint density at radius 3 is 2.33 bits per heavy atom. The molecule has 0 aliphatic rings. The van der Waals surface area contributed by atoms with Crippen LogP contribution in [-0.2, 0) is 4.74 Å². The monoisotopic (exact) mass is 168 g/mol. The molecule has 1 aromatic heterocycles. The Kier molecular flexibility index (Phi) is 3.17. The highest BCUT2D eigenvalue weighted by atomic mass is 16.5. The highest BCUT2D eigenvalue weighted by molar-refractivity contribution is 4.95. The molecule has 2 unspecified atom stereocenters. The standard InChI is InChI=1S/C9H16N2O/c1-8(9(2)12-3)10-11-6-4-5-7-11/h4-10H,1-3H3. The highest BCUT2D eigenvalue weighted by Gasteiger charge is 2.09. The number of aromatic nitrogens is 1. The van der Waals surface area contributed by atoms with Gasteiger partial charge in [-0.3, -0.25) is 4.68 Å². The summed E-state index contributed by atoms with van der Waals surface area (Å²) in [5, 5.41) is 0. The maximum atomic E-state index is 5.18. The molecule has 68 valence electrons. The van der Waals surface area contributed by atoms with E-state index in [1.54, 1.807) is 7.11 Å². The van der Waals surface area contributed by atoms with Gasteiger partial charge in [0.15, 0.2) is 0 Å². The molecule has 1 heterocycles. The van der Waals surface area contributed by atoms with E-state index < -0.39 is 0 Å². The first-order valence-corrected chi connectivity index (χ1v) is 4.16. The van der Waals surface area contributed by atoms with Gasteiger partial charge >= 0.3 is 0 Å². The van der Waals surface area contributed by atoms with E-state index in [9.17, 15) is 0 Å². The second kappa shape index (κ2) is 4.16. The lowest BCUT2D eigenvalue weighted by atomic mass is 10.2. The van der Waals surface area contributed by atoms with Gasteiger partial charge in [0.2, 0.25) is 0 Å². The van der Waals surface area contributed by atoms with Crippen LogP contribution in [0.5, 0.6) is 0 Å². The normalized spacial score (nSPS) is 15.6. The van der Waals surface area contributed by atoms with Crippen LogP contribution in [0.3, 0.4) is 0 Å². The van der Waals surface area contributed by atoms with Gasteiger partial charge in [-0.05, 0) is 26.0 Å². The van der Waals surface area contributed by atoms with Crippen LogP contribution in [0.2, 0.25) is 0 Å². The maximum Gasteiger partial charge on any atom is 0.0757 e. The first-order chi connectivity index (χ1) is 5.74. The Morgan fingerprint density at radius 2 is 1.83 bits per heavy atom. The zero-order valence-electron chi connectivity index (χ0n) is 7.82. The smallest absolute Gasteiger partial charge is 0.0757 e. The van der Waals surface area contributed by atoms with Gasteiger partial charge in [-0.25, -0.2) is 0 Å². The van der Waals surface area contributed by atoms with Crippen molar-refractivity contribution in [3.05, 3.63) is 24.5 Å². The molecule has 1 rings (SSSR count). The maximum absolute atomic E-state index is 5.18. The second-order valence-electron chi connectivity index (χ2n) is 2.95. The van der Waals surface area contributed by atoms with Gasteiger partial charge in [0, 0.05) is 19.5 Å². The van der Waals surface area contributed by atoms with Crippen molar-refractivity contribution in [1.29, 1.82) is 0 Å². The molecule has 0 fully saturated rings. The number of methoxy groups -OCH3 is 1. The third-order valence-corrected chi connectivity index (χ3v) is 2.03. The Labute approximate surface area is 73.3 Å². The third-order valence-electron chi connectivity index (χ3n) is 2.03. The quantitative estimate of drug-likeness (QED) is 0.736. The van der Waals surface area contributed by atoms with E-state index in [0.29, 0.717) is 6.04 Å².